The number of ether oxygens (including phenoxy) is 1. The molecule has 0 fully saturated rings. The number of aromatic nitrogens is 3. The molecule has 0 spiro atoms. The number of nitrogens with one attached hydrogen (secondary N) is 2. The monoisotopic (exact) mass is 469 g/mol. The highest BCUT2D eigenvalue weighted by atomic mass is 16.5. The Morgan fingerprint density at radius 2 is 1.94 bits per heavy atom. The summed E-state index contributed by atoms with van der Waals surface area (Å²) in [6.07, 6.45) is 3.18. The van der Waals surface area contributed by atoms with E-state index in [0.717, 1.165) is 16.9 Å². The zero-order chi connectivity index (χ0) is 24.5. The third-order valence-electron chi connectivity index (χ3n) is 5.88. The molecule has 9 heteroatoms. The molecule has 0 saturated carbocycles. The zero-order valence-corrected chi connectivity index (χ0v) is 19.2. The average molecular weight is 470 g/mol. The van der Waals surface area contributed by atoms with Crippen LogP contribution in [0.3, 0.4) is 0 Å². The number of amides is 1. The number of carbonyl (C=O) groups excluding carboxylic acids is 1. The lowest BCUT2D eigenvalue weighted by atomic mass is 10.1. The van der Waals surface area contributed by atoms with Crippen LogP contribution in [0.5, 0.6) is 5.75 Å². The van der Waals surface area contributed by atoms with Gasteiger partial charge < -0.3 is 19.0 Å². The van der Waals surface area contributed by atoms with Crippen LogP contribution in [0.25, 0.3) is 16.7 Å². The number of carbonyl (C=O) groups is 1. The fraction of sp³-hybridized carbons (Fsp3) is 0.154. The smallest absolute Gasteiger partial charge is 0.267 e. The summed E-state index contributed by atoms with van der Waals surface area (Å²) in [5.41, 5.74) is 2.20. The maximum atomic E-state index is 13.4. The number of rotatable bonds is 6. The van der Waals surface area contributed by atoms with Crippen molar-refractivity contribution in [1.82, 2.24) is 19.3 Å². The number of fused-ring (bicyclic) bond motifs is 2. The number of aryl methyl sites for hydroxylation is 1. The van der Waals surface area contributed by atoms with Gasteiger partial charge in [0.1, 0.15) is 28.3 Å². The minimum atomic E-state index is -0.463. The van der Waals surface area contributed by atoms with Crippen LogP contribution >= 0.6 is 0 Å². The summed E-state index contributed by atoms with van der Waals surface area (Å²) >= 11 is 0. The lowest BCUT2D eigenvalue weighted by Gasteiger charge is -2.14. The Morgan fingerprint density at radius 1 is 1.14 bits per heavy atom. The molecule has 0 aliphatic rings. The molecule has 1 amide bonds. The summed E-state index contributed by atoms with van der Waals surface area (Å²) in [4.78, 5) is 31.3. The minimum absolute atomic E-state index is 0.0639. The first kappa shape index (κ1) is 22.1. The SMILES string of the molecule is COc1ccc(CNC(=O)c2cc3c(=O)n4cccc(C)c4nc3n(Cc3ccco3)c2=N)cc1. The standard InChI is InChI=1S/C26H23N5O4/c1-16-5-3-11-30-23(16)29-24-21(26(30)33)13-20(22(27)31(24)15-19-6-4-12-35-19)25(32)28-14-17-7-9-18(34-2)10-8-17/h3-13,27H,14-15H2,1-2H3,(H,28,32). The Hall–Kier alpha value is -4.66. The van der Waals surface area contributed by atoms with Gasteiger partial charge in [-0.2, -0.15) is 0 Å². The summed E-state index contributed by atoms with van der Waals surface area (Å²) in [5.74, 6) is 0.833. The van der Waals surface area contributed by atoms with Crippen molar-refractivity contribution in [3.8, 4) is 5.75 Å². The molecule has 0 unspecified atom stereocenters. The van der Waals surface area contributed by atoms with Gasteiger partial charge in [0.05, 0.1) is 30.9 Å². The van der Waals surface area contributed by atoms with Gasteiger partial charge in [0.2, 0.25) is 0 Å². The van der Waals surface area contributed by atoms with Gasteiger partial charge in [-0.05, 0) is 54.4 Å². The summed E-state index contributed by atoms with van der Waals surface area (Å²) in [6.45, 7) is 2.27. The maximum absolute atomic E-state index is 13.4. The van der Waals surface area contributed by atoms with Crippen LogP contribution < -0.4 is 21.1 Å². The van der Waals surface area contributed by atoms with Crippen LogP contribution in [0, 0.1) is 12.3 Å². The van der Waals surface area contributed by atoms with Crippen molar-refractivity contribution in [1.29, 1.82) is 5.41 Å². The van der Waals surface area contributed by atoms with Crippen LogP contribution in [0.4, 0.5) is 0 Å². The Kier molecular flexibility index (Phi) is 5.66. The maximum Gasteiger partial charge on any atom is 0.267 e. The quantitative estimate of drug-likeness (QED) is 0.371. The number of furan rings is 1. The summed E-state index contributed by atoms with van der Waals surface area (Å²) in [7, 11) is 1.59. The van der Waals surface area contributed by atoms with E-state index in [9.17, 15) is 9.59 Å². The predicted molar refractivity (Wildman–Crippen MR) is 130 cm³/mol. The lowest BCUT2D eigenvalue weighted by molar-refractivity contribution is 0.0948. The largest absolute Gasteiger partial charge is 0.497 e. The second-order valence-corrected chi connectivity index (χ2v) is 8.14. The van der Waals surface area contributed by atoms with Crippen molar-refractivity contribution >= 4 is 22.6 Å². The number of pyridine rings is 2. The van der Waals surface area contributed by atoms with Crippen LogP contribution in [0.15, 0.2) is 76.3 Å². The molecular weight excluding hydrogens is 446 g/mol. The van der Waals surface area contributed by atoms with E-state index in [1.165, 1.54) is 21.3 Å². The molecule has 5 rings (SSSR count). The number of nitrogens with zero attached hydrogens (tertiary/aromatic N) is 3. The molecule has 4 heterocycles. The van der Waals surface area contributed by atoms with E-state index < -0.39 is 5.91 Å². The molecular formula is C26H23N5O4. The first-order valence-electron chi connectivity index (χ1n) is 11.0. The molecule has 2 N–H and O–H groups in total. The molecule has 4 aromatic heterocycles. The third kappa shape index (κ3) is 4.08. The van der Waals surface area contributed by atoms with Gasteiger partial charge in [0.15, 0.2) is 0 Å². The summed E-state index contributed by atoms with van der Waals surface area (Å²) in [6, 6.07) is 15.9. The normalized spacial score (nSPS) is 11.1. The highest BCUT2D eigenvalue weighted by Gasteiger charge is 2.18. The summed E-state index contributed by atoms with van der Waals surface area (Å²) < 4.78 is 13.6. The third-order valence-corrected chi connectivity index (χ3v) is 5.88. The topological polar surface area (TPSA) is 115 Å². The van der Waals surface area contributed by atoms with Gasteiger partial charge in [-0.1, -0.05) is 18.2 Å². The fourth-order valence-corrected chi connectivity index (χ4v) is 4.00. The lowest BCUT2D eigenvalue weighted by Crippen LogP contribution is -2.35. The predicted octanol–water partition coefficient (Wildman–Crippen LogP) is 3.02. The average Bonchev–Trinajstić information content (AvgIpc) is 3.39. The Labute approximate surface area is 199 Å². The van der Waals surface area contributed by atoms with Crippen molar-refractivity contribution in [2.75, 3.05) is 7.11 Å². The van der Waals surface area contributed by atoms with E-state index in [1.54, 1.807) is 31.5 Å². The number of hydrogen-bond donors (Lipinski definition) is 2. The van der Waals surface area contributed by atoms with Crippen LogP contribution in [-0.2, 0) is 13.1 Å². The molecule has 0 radical (unpaired) electrons. The van der Waals surface area contributed by atoms with Crippen LogP contribution in [-0.4, -0.2) is 27.0 Å². The van der Waals surface area contributed by atoms with E-state index in [-0.39, 0.29) is 35.1 Å². The Balaban J connectivity index is 1.63. The minimum Gasteiger partial charge on any atom is -0.497 e. The number of hydrogen-bond acceptors (Lipinski definition) is 6. The Bertz CT molecular complexity index is 1670. The first-order valence-corrected chi connectivity index (χ1v) is 11.0. The van der Waals surface area contributed by atoms with E-state index in [0.29, 0.717) is 17.1 Å². The van der Waals surface area contributed by atoms with Crippen molar-refractivity contribution < 1.29 is 13.9 Å². The van der Waals surface area contributed by atoms with E-state index in [2.05, 4.69) is 5.32 Å². The van der Waals surface area contributed by atoms with Gasteiger partial charge >= 0.3 is 0 Å². The molecule has 35 heavy (non-hydrogen) atoms. The zero-order valence-electron chi connectivity index (χ0n) is 19.2. The number of benzene rings is 1. The highest BCUT2D eigenvalue weighted by Crippen LogP contribution is 2.15. The molecule has 0 aliphatic heterocycles. The molecule has 0 aliphatic carbocycles. The highest BCUT2D eigenvalue weighted by molar-refractivity contribution is 5.96. The molecule has 0 atom stereocenters. The van der Waals surface area contributed by atoms with Gasteiger partial charge in [-0.25, -0.2) is 4.98 Å². The number of methoxy groups -OCH3 is 1. The Morgan fingerprint density at radius 3 is 2.66 bits per heavy atom. The molecule has 0 saturated heterocycles. The van der Waals surface area contributed by atoms with E-state index in [1.807, 2.05) is 37.3 Å². The van der Waals surface area contributed by atoms with Crippen LogP contribution in [0.2, 0.25) is 0 Å². The molecule has 0 bridgehead atoms. The van der Waals surface area contributed by atoms with E-state index >= 15 is 0 Å². The van der Waals surface area contributed by atoms with Crippen molar-refractivity contribution in [3.63, 3.8) is 0 Å². The van der Waals surface area contributed by atoms with Crippen molar-refractivity contribution in [3.05, 3.63) is 105 Å². The van der Waals surface area contributed by atoms with Crippen molar-refractivity contribution in [2.45, 2.75) is 20.0 Å². The van der Waals surface area contributed by atoms with Gasteiger partial charge in [-0.15, -0.1) is 0 Å². The van der Waals surface area contributed by atoms with Gasteiger partial charge in [-0.3, -0.25) is 19.4 Å². The van der Waals surface area contributed by atoms with Crippen molar-refractivity contribution in [2.24, 2.45) is 0 Å². The second-order valence-electron chi connectivity index (χ2n) is 8.14. The van der Waals surface area contributed by atoms with Gasteiger partial charge in [0.25, 0.3) is 11.5 Å². The van der Waals surface area contributed by atoms with Gasteiger partial charge in [0, 0.05) is 12.7 Å². The summed E-state index contributed by atoms with van der Waals surface area (Å²) in [5, 5.41) is 11.9. The molecule has 9 nitrogen and oxygen atoms in total. The molecule has 5 aromatic rings. The van der Waals surface area contributed by atoms with Crippen LogP contribution in [0.1, 0.15) is 27.2 Å². The first-order chi connectivity index (χ1) is 17.0. The molecule has 1 aromatic carbocycles. The second kappa shape index (κ2) is 8.94. The molecule has 176 valence electrons. The fourth-order valence-electron chi connectivity index (χ4n) is 4.00. The van der Waals surface area contributed by atoms with E-state index in [4.69, 9.17) is 19.5 Å².